The minimum absolute atomic E-state index is 0.191. The minimum Gasteiger partial charge on any atom is -0.292 e. The summed E-state index contributed by atoms with van der Waals surface area (Å²) in [5.41, 5.74) is 5.00. The van der Waals surface area contributed by atoms with Gasteiger partial charge >= 0.3 is 5.69 Å². The Balaban J connectivity index is 2.19. The molecule has 0 saturated carbocycles. The predicted octanol–water partition coefficient (Wildman–Crippen LogP) is 6.36. The van der Waals surface area contributed by atoms with E-state index in [0.29, 0.717) is 0 Å². The van der Waals surface area contributed by atoms with E-state index >= 15 is 0 Å². The van der Waals surface area contributed by atoms with Gasteiger partial charge in [0.1, 0.15) is 0 Å². The van der Waals surface area contributed by atoms with E-state index in [1.807, 2.05) is 9.13 Å². The van der Waals surface area contributed by atoms with E-state index < -0.39 is 0 Å². The van der Waals surface area contributed by atoms with E-state index in [9.17, 15) is 4.79 Å². The number of imidazole rings is 1. The molecular weight excluding hydrogens is 320 g/mol. The summed E-state index contributed by atoms with van der Waals surface area (Å²) in [6, 6.07) is 4.43. The van der Waals surface area contributed by atoms with Crippen LogP contribution in [0.5, 0.6) is 0 Å². The van der Waals surface area contributed by atoms with Gasteiger partial charge in [-0.1, -0.05) is 65.2 Å². The molecule has 0 atom stereocenters. The van der Waals surface area contributed by atoms with Gasteiger partial charge in [-0.2, -0.15) is 0 Å². The number of hydrogen-bond donors (Lipinski definition) is 0. The van der Waals surface area contributed by atoms with Crippen LogP contribution in [0.25, 0.3) is 11.0 Å². The summed E-state index contributed by atoms with van der Waals surface area (Å²) in [4.78, 5) is 13.1. The van der Waals surface area contributed by atoms with Crippen LogP contribution in [-0.2, 0) is 13.1 Å². The number of aryl methyl sites for hydroxylation is 4. The fourth-order valence-corrected chi connectivity index (χ4v) is 3.75. The summed E-state index contributed by atoms with van der Waals surface area (Å²) >= 11 is 0. The third-order valence-electron chi connectivity index (χ3n) is 5.60. The number of hydrogen-bond acceptors (Lipinski definition) is 1. The van der Waals surface area contributed by atoms with Gasteiger partial charge in [-0.3, -0.25) is 9.13 Å². The zero-order valence-electron chi connectivity index (χ0n) is 17.4. The minimum atomic E-state index is 0.191. The molecule has 0 unspecified atom stereocenters. The zero-order valence-corrected chi connectivity index (χ0v) is 17.4. The highest BCUT2D eigenvalue weighted by molar-refractivity contribution is 5.78. The Morgan fingerprint density at radius 1 is 0.654 bits per heavy atom. The topological polar surface area (TPSA) is 26.9 Å². The van der Waals surface area contributed by atoms with Crippen molar-refractivity contribution in [2.75, 3.05) is 0 Å². The second-order valence-corrected chi connectivity index (χ2v) is 7.84. The fraction of sp³-hybridized carbons (Fsp3) is 0.696. The third-order valence-corrected chi connectivity index (χ3v) is 5.60. The van der Waals surface area contributed by atoms with E-state index in [1.54, 1.807) is 0 Å². The molecule has 1 aromatic carbocycles. The summed E-state index contributed by atoms with van der Waals surface area (Å²) in [5.74, 6) is 0. The summed E-state index contributed by atoms with van der Waals surface area (Å²) in [5, 5.41) is 0. The van der Waals surface area contributed by atoms with E-state index in [1.165, 1.54) is 62.5 Å². The van der Waals surface area contributed by atoms with Gasteiger partial charge in [0, 0.05) is 13.1 Å². The lowest BCUT2D eigenvalue weighted by Gasteiger charge is -2.06. The Labute approximate surface area is 159 Å². The van der Waals surface area contributed by atoms with Crippen molar-refractivity contribution in [3.05, 3.63) is 33.7 Å². The van der Waals surface area contributed by atoms with Crippen molar-refractivity contribution in [2.45, 2.75) is 105 Å². The molecule has 26 heavy (non-hydrogen) atoms. The van der Waals surface area contributed by atoms with Crippen molar-refractivity contribution in [2.24, 2.45) is 0 Å². The van der Waals surface area contributed by atoms with Crippen LogP contribution in [0.2, 0.25) is 0 Å². The molecule has 1 aromatic heterocycles. The molecule has 1 heterocycles. The Kier molecular flexibility index (Phi) is 8.47. The number of unbranched alkanes of at least 4 members (excludes halogenated alkanes) is 8. The lowest BCUT2D eigenvalue weighted by Crippen LogP contribution is -2.24. The number of aromatic nitrogens is 2. The van der Waals surface area contributed by atoms with Crippen molar-refractivity contribution in [1.82, 2.24) is 9.13 Å². The molecule has 3 nitrogen and oxygen atoms in total. The van der Waals surface area contributed by atoms with Gasteiger partial charge in [0.15, 0.2) is 0 Å². The van der Waals surface area contributed by atoms with Crippen LogP contribution in [0.3, 0.4) is 0 Å². The second kappa shape index (κ2) is 10.6. The number of rotatable bonds is 12. The van der Waals surface area contributed by atoms with Crippen LogP contribution < -0.4 is 5.69 Å². The summed E-state index contributed by atoms with van der Waals surface area (Å²) in [7, 11) is 0. The summed E-state index contributed by atoms with van der Waals surface area (Å²) < 4.78 is 4.06. The quantitative estimate of drug-likeness (QED) is 0.405. The molecule has 0 saturated heterocycles. The molecule has 0 bridgehead atoms. The average molecular weight is 359 g/mol. The smallest absolute Gasteiger partial charge is 0.292 e. The molecule has 0 aliphatic rings. The number of nitrogens with zero attached hydrogens (tertiary/aromatic N) is 2. The lowest BCUT2D eigenvalue weighted by molar-refractivity contribution is 0.533. The Hall–Kier alpha value is -1.51. The van der Waals surface area contributed by atoms with Crippen LogP contribution >= 0.6 is 0 Å². The molecule has 2 rings (SSSR count). The molecular formula is C23H38N2O. The van der Waals surface area contributed by atoms with E-state index in [0.717, 1.165) is 37.0 Å². The van der Waals surface area contributed by atoms with Crippen LogP contribution in [-0.4, -0.2) is 9.13 Å². The molecule has 0 radical (unpaired) electrons. The maximum absolute atomic E-state index is 13.1. The first-order chi connectivity index (χ1) is 12.6. The monoisotopic (exact) mass is 358 g/mol. The Morgan fingerprint density at radius 3 is 1.42 bits per heavy atom. The highest BCUT2D eigenvalue weighted by atomic mass is 16.1. The zero-order chi connectivity index (χ0) is 18.9. The molecule has 3 heteroatoms. The standard InChI is InChI=1S/C23H38N2O/c1-5-7-9-11-13-15-24-21-17-19(3)20(4)18-22(21)25(23(24)26)16-14-12-10-8-6-2/h17-18H,5-16H2,1-4H3. The van der Waals surface area contributed by atoms with Crippen LogP contribution in [0.1, 0.15) is 89.2 Å². The summed E-state index contributed by atoms with van der Waals surface area (Å²) in [6.07, 6.45) is 12.3. The SMILES string of the molecule is CCCCCCCn1c(=O)n(CCCCCCC)c2cc(C)c(C)cc21. The van der Waals surface area contributed by atoms with Gasteiger partial charge in [-0.15, -0.1) is 0 Å². The van der Waals surface area contributed by atoms with Crippen molar-refractivity contribution in [3.8, 4) is 0 Å². The Bertz CT molecular complexity index is 679. The first kappa shape index (κ1) is 20.8. The average Bonchev–Trinajstić information content (AvgIpc) is 2.86. The van der Waals surface area contributed by atoms with Crippen molar-refractivity contribution in [1.29, 1.82) is 0 Å². The second-order valence-electron chi connectivity index (χ2n) is 7.84. The van der Waals surface area contributed by atoms with Gasteiger partial charge in [0.25, 0.3) is 0 Å². The van der Waals surface area contributed by atoms with Crippen LogP contribution in [0.15, 0.2) is 16.9 Å². The highest BCUT2D eigenvalue weighted by Crippen LogP contribution is 2.20. The number of benzene rings is 1. The van der Waals surface area contributed by atoms with E-state index in [-0.39, 0.29) is 5.69 Å². The van der Waals surface area contributed by atoms with E-state index in [4.69, 9.17) is 0 Å². The lowest BCUT2D eigenvalue weighted by atomic mass is 10.1. The van der Waals surface area contributed by atoms with Gasteiger partial charge in [-0.05, 0) is 49.9 Å². The largest absolute Gasteiger partial charge is 0.329 e. The van der Waals surface area contributed by atoms with Gasteiger partial charge in [0.05, 0.1) is 11.0 Å². The van der Waals surface area contributed by atoms with Crippen molar-refractivity contribution < 1.29 is 0 Å². The molecule has 0 fully saturated rings. The number of fused-ring (bicyclic) bond motifs is 1. The molecule has 0 amide bonds. The molecule has 0 aliphatic heterocycles. The molecule has 0 aliphatic carbocycles. The highest BCUT2D eigenvalue weighted by Gasteiger charge is 2.14. The maximum atomic E-state index is 13.1. The summed E-state index contributed by atoms with van der Waals surface area (Å²) in [6.45, 7) is 10.5. The van der Waals surface area contributed by atoms with Crippen molar-refractivity contribution in [3.63, 3.8) is 0 Å². The molecule has 0 N–H and O–H groups in total. The first-order valence-corrected chi connectivity index (χ1v) is 10.8. The Morgan fingerprint density at radius 2 is 1.04 bits per heavy atom. The van der Waals surface area contributed by atoms with E-state index in [2.05, 4.69) is 39.8 Å². The van der Waals surface area contributed by atoms with Gasteiger partial charge < -0.3 is 0 Å². The first-order valence-electron chi connectivity index (χ1n) is 10.8. The van der Waals surface area contributed by atoms with Crippen LogP contribution in [0.4, 0.5) is 0 Å². The van der Waals surface area contributed by atoms with Gasteiger partial charge in [-0.25, -0.2) is 4.79 Å². The predicted molar refractivity (Wildman–Crippen MR) is 113 cm³/mol. The third kappa shape index (κ3) is 5.25. The fourth-order valence-electron chi connectivity index (χ4n) is 3.75. The molecule has 146 valence electrons. The molecule has 0 spiro atoms. The van der Waals surface area contributed by atoms with Crippen LogP contribution in [0, 0.1) is 13.8 Å². The van der Waals surface area contributed by atoms with Crippen molar-refractivity contribution >= 4 is 11.0 Å². The van der Waals surface area contributed by atoms with Gasteiger partial charge in [0.2, 0.25) is 0 Å². The normalized spacial score (nSPS) is 11.5. The maximum Gasteiger partial charge on any atom is 0.329 e. The molecule has 2 aromatic rings.